The zero-order valence-electron chi connectivity index (χ0n) is 10.6. The quantitative estimate of drug-likeness (QED) is 0.652. The topological polar surface area (TPSA) is 80.0 Å². The first-order valence-corrected chi connectivity index (χ1v) is 6.44. The molecule has 1 aromatic rings. The minimum Gasteiger partial charge on any atom is -0.461 e. The molecule has 0 saturated carbocycles. The highest BCUT2D eigenvalue weighted by Crippen LogP contribution is 2.22. The predicted octanol–water partition coefficient (Wildman–Crippen LogP) is 1.61. The SMILES string of the molecule is CCOC(=O)c1cc2n(n1)CCCN/C2=C(/Cl)C=N. The highest BCUT2D eigenvalue weighted by molar-refractivity contribution is 6.42. The molecular formula is C12H15ClN4O2. The highest BCUT2D eigenvalue weighted by Gasteiger charge is 2.21. The third-order valence-electron chi connectivity index (χ3n) is 2.73. The van der Waals surface area contributed by atoms with E-state index in [0.29, 0.717) is 29.6 Å². The fourth-order valence-electron chi connectivity index (χ4n) is 1.90. The smallest absolute Gasteiger partial charge is 0.358 e. The van der Waals surface area contributed by atoms with E-state index in [9.17, 15) is 4.79 Å². The van der Waals surface area contributed by atoms with Crippen molar-refractivity contribution in [2.75, 3.05) is 13.2 Å². The predicted molar refractivity (Wildman–Crippen MR) is 72.4 cm³/mol. The summed E-state index contributed by atoms with van der Waals surface area (Å²) in [7, 11) is 0. The van der Waals surface area contributed by atoms with E-state index >= 15 is 0 Å². The number of aromatic nitrogens is 2. The van der Waals surface area contributed by atoms with Crippen LogP contribution in [-0.2, 0) is 11.3 Å². The van der Waals surface area contributed by atoms with Crippen molar-refractivity contribution in [2.45, 2.75) is 19.9 Å². The maximum absolute atomic E-state index is 11.7. The van der Waals surface area contributed by atoms with Gasteiger partial charge in [-0.2, -0.15) is 5.10 Å². The molecular weight excluding hydrogens is 268 g/mol. The van der Waals surface area contributed by atoms with Crippen molar-refractivity contribution in [3.63, 3.8) is 0 Å². The van der Waals surface area contributed by atoms with Crippen LogP contribution in [0, 0.1) is 5.41 Å². The molecule has 0 saturated heterocycles. The van der Waals surface area contributed by atoms with Gasteiger partial charge in [-0.3, -0.25) is 4.68 Å². The second-order valence-electron chi connectivity index (χ2n) is 4.01. The number of halogens is 1. The van der Waals surface area contributed by atoms with E-state index in [2.05, 4.69) is 10.4 Å². The lowest BCUT2D eigenvalue weighted by Gasteiger charge is -2.07. The Morgan fingerprint density at radius 2 is 2.53 bits per heavy atom. The summed E-state index contributed by atoms with van der Waals surface area (Å²) >= 11 is 6.01. The highest BCUT2D eigenvalue weighted by atomic mass is 35.5. The van der Waals surface area contributed by atoms with Crippen LogP contribution in [0.25, 0.3) is 5.70 Å². The van der Waals surface area contributed by atoms with Gasteiger partial charge in [0.1, 0.15) is 0 Å². The monoisotopic (exact) mass is 282 g/mol. The zero-order valence-corrected chi connectivity index (χ0v) is 11.3. The summed E-state index contributed by atoms with van der Waals surface area (Å²) in [6.07, 6.45) is 1.93. The second kappa shape index (κ2) is 5.88. The fraction of sp³-hybridized carbons (Fsp3) is 0.417. The van der Waals surface area contributed by atoms with Crippen LogP contribution in [0.1, 0.15) is 29.5 Å². The molecule has 1 aromatic heterocycles. The Labute approximate surface area is 115 Å². The van der Waals surface area contributed by atoms with Gasteiger partial charge in [-0.1, -0.05) is 11.6 Å². The summed E-state index contributed by atoms with van der Waals surface area (Å²) in [5, 5.41) is 14.9. The number of hydrogen-bond donors (Lipinski definition) is 2. The van der Waals surface area contributed by atoms with Gasteiger partial charge in [0.15, 0.2) is 5.69 Å². The Bertz CT molecular complexity index is 536. The van der Waals surface area contributed by atoms with E-state index in [-0.39, 0.29) is 5.69 Å². The number of ether oxygens (including phenoxy) is 1. The second-order valence-corrected chi connectivity index (χ2v) is 4.41. The molecule has 7 heteroatoms. The third-order valence-corrected chi connectivity index (χ3v) is 3.03. The van der Waals surface area contributed by atoms with Crippen LogP contribution in [0.4, 0.5) is 0 Å². The van der Waals surface area contributed by atoms with Crippen molar-refractivity contribution in [3.05, 3.63) is 22.5 Å². The first-order chi connectivity index (χ1) is 9.17. The average Bonchev–Trinajstić information content (AvgIpc) is 2.73. The number of carbonyl (C=O) groups is 1. The summed E-state index contributed by atoms with van der Waals surface area (Å²) < 4.78 is 6.65. The van der Waals surface area contributed by atoms with E-state index < -0.39 is 5.97 Å². The number of carbonyl (C=O) groups excluding carboxylic acids is 1. The number of nitrogens with one attached hydrogen (secondary N) is 2. The third kappa shape index (κ3) is 2.78. The molecule has 0 aromatic carbocycles. The Morgan fingerprint density at radius 1 is 1.74 bits per heavy atom. The first kappa shape index (κ1) is 13.6. The molecule has 0 radical (unpaired) electrons. The average molecular weight is 283 g/mol. The molecule has 2 heterocycles. The summed E-state index contributed by atoms with van der Waals surface area (Å²) in [6, 6.07) is 1.64. The lowest BCUT2D eigenvalue weighted by atomic mass is 10.2. The molecule has 0 bridgehead atoms. The Morgan fingerprint density at radius 3 is 3.21 bits per heavy atom. The normalized spacial score (nSPS) is 16.9. The van der Waals surface area contributed by atoms with Crippen molar-refractivity contribution in [1.82, 2.24) is 15.1 Å². The van der Waals surface area contributed by atoms with Gasteiger partial charge in [-0.15, -0.1) is 0 Å². The maximum Gasteiger partial charge on any atom is 0.358 e. The van der Waals surface area contributed by atoms with Gasteiger partial charge in [0.25, 0.3) is 0 Å². The van der Waals surface area contributed by atoms with E-state index in [1.54, 1.807) is 17.7 Å². The molecule has 0 atom stereocenters. The minimum absolute atomic E-state index is 0.257. The van der Waals surface area contributed by atoms with Crippen molar-refractivity contribution < 1.29 is 9.53 Å². The molecule has 1 aliphatic heterocycles. The molecule has 19 heavy (non-hydrogen) atoms. The molecule has 2 rings (SSSR count). The van der Waals surface area contributed by atoms with E-state index in [0.717, 1.165) is 19.2 Å². The molecule has 0 amide bonds. The fourth-order valence-corrected chi connectivity index (χ4v) is 2.07. The molecule has 0 spiro atoms. The number of nitrogens with zero attached hydrogens (tertiary/aromatic N) is 2. The van der Waals surface area contributed by atoms with Crippen molar-refractivity contribution in [3.8, 4) is 0 Å². The molecule has 102 valence electrons. The number of rotatable bonds is 3. The van der Waals surface area contributed by atoms with Crippen LogP contribution in [0.15, 0.2) is 11.1 Å². The van der Waals surface area contributed by atoms with Crippen LogP contribution in [0.2, 0.25) is 0 Å². The van der Waals surface area contributed by atoms with E-state index in [1.165, 1.54) is 0 Å². The number of esters is 1. The Hall–Kier alpha value is -1.82. The van der Waals surface area contributed by atoms with E-state index in [1.807, 2.05) is 0 Å². The summed E-state index contributed by atoms with van der Waals surface area (Å²) in [4.78, 5) is 11.7. The van der Waals surface area contributed by atoms with Crippen LogP contribution in [-0.4, -0.2) is 35.1 Å². The summed E-state index contributed by atoms with van der Waals surface area (Å²) in [6.45, 7) is 3.49. The van der Waals surface area contributed by atoms with Crippen LogP contribution in [0.5, 0.6) is 0 Å². The van der Waals surface area contributed by atoms with Crippen molar-refractivity contribution in [1.29, 1.82) is 5.41 Å². The van der Waals surface area contributed by atoms with Gasteiger partial charge in [0.05, 0.1) is 23.0 Å². The molecule has 6 nitrogen and oxygen atoms in total. The Kier molecular flexibility index (Phi) is 4.21. The van der Waals surface area contributed by atoms with Crippen molar-refractivity contribution >= 4 is 29.5 Å². The first-order valence-electron chi connectivity index (χ1n) is 6.06. The van der Waals surface area contributed by atoms with Crippen molar-refractivity contribution in [2.24, 2.45) is 0 Å². The lowest BCUT2D eigenvalue weighted by Crippen LogP contribution is -2.13. The van der Waals surface area contributed by atoms with Crippen LogP contribution in [0.3, 0.4) is 0 Å². The largest absolute Gasteiger partial charge is 0.461 e. The molecule has 2 N–H and O–H groups in total. The molecule has 0 aliphatic carbocycles. The summed E-state index contributed by atoms with van der Waals surface area (Å²) in [5.41, 5.74) is 1.58. The maximum atomic E-state index is 11.7. The Balaban J connectivity index is 2.43. The van der Waals surface area contributed by atoms with E-state index in [4.69, 9.17) is 21.7 Å². The van der Waals surface area contributed by atoms with Crippen LogP contribution >= 0.6 is 11.6 Å². The molecule has 0 fully saturated rings. The standard InChI is InChI=1S/C12H15ClN4O2/c1-2-19-12(18)9-6-10-11(8(13)7-14)15-4-3-5-17(10)16-9/h6-7,14-15H,2-5H2,1H3/b11-8+,14-7?. The van der Waals surface area contributed by atoms with Gasteiger partial charge in [0, 0.05) is 25.4 Å². The zero-order chi connectivity index (χ0) is 13.8. The molecule has 0 unspecified atom stereocenters. The van der Waals surface area contributed by atoms with Gasteiger partial charge < -0.3 is 15.5 Å². The number of hydrogen-bond acceptors (Lipinski definition) is 5. The number of aryl methyl sites for hydroxylation is 1. The van der Waals surface area contributed by atoms with Gasteiger partial charge >= 0.3 is 5.97 Å². The van der Waals surface area contributed by atoms with Crippen LogP contribution < -0.4 is 5.32 Å². The lowest BCUT2D eigenvalue weighted by molar-refractivity contribution is 0.0518. The molecule has 1 aliphatic rings. The number of fused-ring (bicyclic) bond motifs is 1. The van der Waals surface area contributed by atoms with Gasteiger partial charge in [-0.05, 0) is 13.3 Å². The van der Waals surface area contributed by atoms with Gasteiger partial charge in [-0.25, -0.2) is 4.79 Å². The minimum atomic E-state index is -0.451. The summed E-state index contributed by atoms with van der Waals surface area (Å²) in [5.74, 6) is -0.451. The number of allylic oxidation sites excluding steroid dienone is 1. The van der Waals surface area contributed by atoms with Gasteiger partial charge in [0.2, 0.25) is 0 Å².